The van der Waals surface area contributed by atoms with Gasteiger partial charge in [-0.2, -0.15) is 5.10 Å². The first-order valence-electron chi connectivity index (χ1n) is 9.23. The number of furan rings is 1. The van der Waals surface area contributed by atoms with Crippen LogP contribution in [0.1, 0.15) is 53.6 Å². The Morgan fingerprint density at radius 1 is 1.19 bits per heavy atom. The average molecular weight is 356 g/mol. The van der Waals surface area contributed by atoms with Gasteiger partial charge in [0.1, 0.15) is 17.3 Å². The summed E-state index contributed by atoms with van der Waals surface area (Å²) in [5, 5.41) is 7.39. The van der Waals surface area contributed by atoms with E-state index < -0.39 is 0 Å². The summed E-state index contributed by atoms with van der Waals surface area (Å²) in [5.41, 5.74) is 0.650. The summed E-state index contributed by atoms with van der Waals surface area (Å²) < 4.78 is 7.38. The van der Waals surface area contributed by atoms with Gasteiger partial charge < -0.3 is 14.6 Å². The average Bonchev–Trinajstić information content (AvgIpc) is 3.30. The zero-order valence-electron chi connectivity index (χ0n) is 15.2. The van der Waals surface area contributed by atoms with Crippen molar-refractivity contribution in [3.05, 3.63) is 35.4 Å². The standard InChI is InChI=1S/C19H24N4O3/c1-12-11-16(13(2)26-12)19(25)22-9-6-15(7-10-22)23-17(5-8-20-23)21-18(24)14-3-4-14/h5,8,11,14-15H,3-4,6-7,9-10H2,1-2H3,(H,21,24). The number of carbonyl (C=O) groups excluding carboxylic acids is 2. The van der Waals surface area contributed by atoms with Crippen molar-refractivity contribution in [2.75, 3.05) is 18.4 Å². The van der Waals surface area contributed by atoms with Crippen LogP contribution in [0.5, 0.6) is 0 Å². The molecule has 2 amide bonds. The molecule has 1 saturated heterocycles. The van der Waals surface area contributed by atoms with Gasteiger partial charge in [0.05, 0.1) is 17.8 Å². The first-order chi connectivity index (χ1) is 12.5. The van der Waals surface area contributed by atoms with Crippen molar-refractivity contribution in [2.45, 2.75) is 45.6 Å². The van der Waals surface area contributed by atoms with Crippen LogP contribution in [0.25, 0.3) is 0 Å². The van der Waals surface area contributed by atoms with Crippen molar-refractivity contribution >= 4 is 17.6 Å². The van der Waals surface area contributed by atoms with E-state index in [0.29, 0.717) is 24.4 Å². The maximum Gasteiger partial charge on any atom is 0.257 e. The lowest BCUT2D eigenvalue weighted by Gasteiger charge is -2.32. The van der Waals surface area contributed by atoms with E-state index in [1.165, 1.54) is 0 Å². The Bertz CT molecular complexity index is 826. The third-order valence-electron chi connectivity index (χ3n) is 5.24. The third kappa shape index (κ3) is 3.25. The van der Waals surface area contributed by atoms with Crippen molar-refractivity contribution in [3.63, 3.8) is 0 Å². The Balaban J connectivity index is 1.39. The quantitative estimate of drug-likeness (QED) is 0.913. The lowest BCUT2D eigenvalue weighted by atomic mass is 10.0. The van der Waals surface area contributed by atoms with E-state index in [1.54, 1.807) is 6.20 Å². The molecule has 0 bridgehead atoms. The number of nitrogens with zero attached hydrogens (tertiary/aromatic N) is 3. The zero-order chi connectivity index (χ0) is 18.3. The molecule has 26 heavy (non-hydrogen) atoms. The van der Waals surface area contributed by atoms with Gasteiger partial charge in [-0.25, -0.2) is 4.68 Å². The summed E-state index contributed by atoms with van der Waals surface area (Å²) >= 11 is 0. The fourth-order valence-corrected chi connectivity index (χ4v) is 3.61. The van der Waals surface area contributed by atoms with Crippen molar-refractivity contribution < 1.29 is 14.0 Å². The minimum absolute atomic E-state index is 0.0283. The highest BCUT2D eigenvalue weighted by Gasteiger charge is 2.31. The number of aromatic nitrogens is 2. The van der Waals surface area contributed by atoms with E-state index >= 15 is 0 Å². The monoisotopic (exact) mass is 356 g/mol. The molecule has 138 valence electrons. The molecule has 0 unspecified atom stereocenters. The Morgan fingerprint density at radius 2 is 1.92 bits per heavy atom. The van der Waals surface area contributed by atoms with Crippen LogP contribution < -0.4 is 5.32 Å². The van der Waals surface area contributed by atoms with Crippen molar-refractivity contribution in [1.82, 2.24) is 14.7 Å². The molecule has 4 rings (SSSR count). The van der Waals surface area contributed by atoms with Crippen LogP contribution in [-0.4, -0.2) is 39.6 Å². The van der Waals surface area contributed by atoms with E-state index in [2.05, 4.69) is 10.4 Å². The highest BCUT2D eigenvalue weighted by Crippen LogP contribution is 2.31. The number of hydrogen-bond donors (Lipinski definition) is 1. The van der Waals surface area contributed by atoms with Gasteiger partial charge in [-0.15, -0.1) is 0 Å². The van der Waals surface area contributed by atoms with Crippen LogP contribution in [0.4, 0.5) is 5.82 Å². The molecule has 7 nitrogen and oxygen atoms in total. The van der Waals surface area contributed by atoms with Crippen LogP contribution in [0.3, 0.4) is 0 Å². The predicted molar refractivity (Wildman–Crippen MR) is 95.9 cm³/mol. The second-order valence-corrected chi connectivity index (χ2v) is 7.27. The van der Waals surface area contributed by atoms with Gasteiger partial charge in [0.15, 0.2) is 0 Å². The lowest BCUT2D eigenvalue weighted by molar-refractivity contribution is -0.117. The molecule has 1 aliphatic carbocycles. The van der Waals surface area contributed by atoms with Gasteiger partial charge >= 0.3 is 0 Å². The number of rotatable bonds is 4. The highest BCUT2D eigenvalue weighted by molar-refractivity contribution is 5.95. The normalized spacial score (nSPS) is 18.2. The molecule has 0 spiro atoms. The van der Waals surface area contributed by atoms with E-state index in [1.807, 2.05) is 35.6 Å². The van der Waals surface area contributed by atoms with E-state index in [0.717, 1.165) is 37.3 Å². The fourth-order valence-electron chi connectivity index (χ4n) is 3.61. The van der Waals surface area contributed by atoms with Gasteiger partial charge in [-0.05, 0) is 45.6 Å². The molecule has 7 heteroatoms. The van der Waals surface area contributed by atoms with E-state index in [9.17, 15) is 9.59 Å². The molecule has 0 aromatic carbocycles. The smallest absolute Gasteiger partial charge is 0.257 e. The van der Waals surface area contributed by atoms with Crippen molar-refractivity contribution in [3.8, 4) is 0 Å². The van der Waals surface area contributed by atoms with Crippen molar-refractivity contribution in [2.24, 2.45) is 5.92 Å². The topological polar surface area (TPSA) is 80.4 Å². The summed E-state index contributed by atoms with van der Waals surface area (Å²) in [6.45, 7) is 5.02. The fraction of sp³-hybridized carbons (Fsp3) is 0.526. The molecular weight excluding hydrogens is 332 g/mol. The Morgan fingerprint density at radius 3 is 2.54 bits per heavy atom. The number of nitrogens with one attached hydrogen (secondary N) is 1. The Kier molecular flexibility index (Phi) is 4.30. The zero-order valence-corrected chi connectivity index (χ0v) is 15.2. The first kappa shape index (κ1) is 16.9. The van der Waals surface area contributed by atoms with Crippen LogP contribution in [0, 0.1) is 19.8 Å². The molecule has 1 N–H and O–H groups in total. The molecule has 1 aliphatic heterocycles. The Hall–Kier alpha value is -2.57. The molecule has 3 heterocycles. The second-order valence-electron chi connectivity index (χ2n) is 7.27. The first-order valence-corrected chi connectivity index (χ1v) is 9.23. The molecule has 2 aromatic rings. The summed E-state index contributed by atoms with van der Waals surface area (Å²) in [5.74, 6) is 2.47. The number of hydrogen-bond acceptors (Lipinski definition) is 4. The second kappa shape index (κ2) is 6.63. The number of carbonyl (C=O) groups is 2. The van der Waals surface area contributed by atoms with Gasteiger partial charge in [-0.1, -0.05) is 0 Å². The number of likely N-dealkylation sites (tertiary alicyclic amines) is 1. The van der Waals surface area contributed by atoms with Crippen LogP contribution in [-0.2, 0) is 4.79 Å². The molecular formula is C19H24N4O3. The maximum atomic E-state index is 12.7. The molecule has 0 atom stereocenters. The molecule has 2 fully saturated rings. The minimum atomic E-state index is 0.0283. The van der Waals surface area contributed by atoms with Gasteiger partial charge in [0.2, 0.25) is 5.91 Å². The lowest BCUT2D eigenvalue weighted by Crippen LogP contribution is -2.39. The predicted octanol–water partition coefficient (Wildman–Crippen LogP) is 2.92. The third-order valence-corrected chi connectivity index (χ3v) is 5.24. The van der Waals surface area contributed by atoms with Crippen LogP contribution in [0.15, 0.2) is 22.7 Å². The number of piperidine rings is 1. The van der Waals surface area contributed by atoms with Gasteiger partial charge in [-0.3, -0.25) is 9.59 Å². The number of aryl methyl sites for hydroxylation is 2. The molecule has 1 saturated carbocycles. The Labute approximate surface area is 152 Å². The van der Waals surface area contributed by atoms with E-state index in [-0.39, 0.29) is 23.8 Å². The van der Waals surface area contributed by atoms with Gasteiger partial charge in [0, 0.05) is 25.1 Å². The number of amides is 2. The summed E-state index contributed by atoms with van der Waals surface area (Å²) in [7, 11) is 0. The van der Waals surface area contributed by atoms with Gasteiger partial charge in [0.25, 0.3) is 5.91 Å². The summed E-state index contributed by atoms with van der Waals surface area (Å²) in [6, 6.07) is 3.84. The van der Waals surface area contributed by atoms with Crippen molar-refractivity contribution in [1.29, 1.82) is 0 Å². The van der Waals surface area contributed by atoms with Crippen LogP contribution >= 0.6 is 0 Å². The molecule has 2 aliphatic rings. The summed E-state index contributed by atoms with van der Waals surface area (Å²) in [4.78, 5) is 26.6. The summed E-state index contributed by atoms with van der Waals surface area (Å²) in [6.07, 6.45) is 5.31. The maximum absolute atomic E-state index is 12.7. The molecule has 2 aromatic heterocycles. The van der Waals surface area contributed by atoms with Crippen LogP contribution in [0.2, 0.25) is 0 Å². The largest absolute Gasteiger partial charge is 0.466 e. The van der Waals surface area contributed by atoms with E-state index in [4.69, 9.17) is 4.42 Å². The highest BCUT2D eigenvalue weighted by atomic mass is 16.3. The molecule has 0 radical (unpaired) electrons. The SMILES string of the molecule is Cc1cc(C(=O)N2CCC(n3nccc3NC(=O)C3CC3)CC2)c(C)o1. The minimum Gasteiger partial charge on any atom is -0.466 e. The number of anilines is 1.